The number of carboxylic acid groups (broad SMARTS) is 1. The molecule has 130 valence electrons. The summed E-state index contributed by atoms with van der Waals surface area (Å²) >= 11 is 1.15. The van der Waals surface area contributed by atoms with Crippen LogP contribution in [-0.2, 0) is 4.79 Å². The molecule has 0 radical (unpaired) electrons. The zero-order valence-corrected chi connectivity index (χ0v) is 14.9. The molecule has 1 atom stereocenters. The molecule has 8 heteroatoms. The Balaban J connectivity index is 1.95. The van der Waals surface area contributed by atoms with Crippen LogP contribution in [0.4, 0.5) is 0 Å². The zero-order valence-electron chi connectivity index (χ0n) is 14.0. The maximum absolute atomic E-state index is 11.4. The summed E-state index contributed by atoms with van der Waals surface area (Å²) in [6.07, 6.45) is 3.68. The van der Waals surface area contributed by atoms with Crippen molar-refractivity contribution in [2.24, 2.45) is 0 Å². The van der Waals surface area contributed by atoms with Crippen molar-refractivity contribution in [2.45, 2.75) is 43.4 Å². The number of fused-ring (bicyclic) bond motifs is 1. The Morgan fingerprint density at radius 3 is 2.72 bits per heavy atom. The van der Waals surface area contributed by atoms with E-state index in [4.69, 9.17) is 0 Å². The van der Waals surface area contributed by atoms with E-state index in [0.29, 0.717) is 22.6 Å². The Kier molecular flexibility index (Phi) is 5.28. The molecule has 0 bridgehead atoms. The van der Waals surface area contributed by atoms with Crippen molar-refractivity contribution < 1.29 is 9.90 Å². The molecule has 0 spiro atoms. The van der Waals surface area contributed by atoms with Gasteiger partial charge in [0.25, 0.3) is 0 Å². The minimum absolute atomic E-state index is 0.496. The smallest absolute Gasteiger partial charge is 0.187 e. The van der Waals surface area contributed by atoms with Gasteiger partial charge in [-0.1, -0.05) is 54.4 Å². The molecule has 25 heavy (non-hydrogen) atoms. The topological polar surface area (TPSA) is 96.6 Å². The molecule has 0 N–H and O–H groups in total. The molecule has 0 aliphatic carbocycles. The van der Waals surface area contributed by atoms with E-state index in [9.17, 15) is 9.90 Å². The summed E-state index contributed by atoms with van der Waals surface area (Å²) in [7, 11) is 0. The second-order valence-electron chi connectivity index (χ2n) is 5.76. The van der Waals surface area contributed by atoms with Gasteiger partial charge in [-0.05, 0) is 25.5 Å². The first-order chi connectivity index (χ1) is 12.1. The van der Waals surface area contributed by atoms with E-state index in [2.05, 4.69) is 20.3 Å². The molecule has 7 nitrogen and oxygen atoms in total. The molecule has 0 amide bonds. The third-order valence-corrected chi connectivity index (χ3v) is 5.05. The Hall–Kier alpha value is -2.48. The van der Waals surface area contributed by atoms with Crippen molar-refractivity contribution in [1.82, 2.24) is 25.0 Å². The molecular weight excluding hydrogens is 338 g/mol. The van der Waals surface area contributed by atoms with Crippen molar-refractivity contribution in [2.75, 3.05) is 0 Å². The minimum Gasteiger partial charge on any atom is -0.549 e. The largest absolute Gasteiger partial charge is 0.549 e. The molecular formula is C17H18N5O2S-. The van der Waals surface area contributed by atoms with Gasteiger partial charge in [0, 0.05) is 0 Å². The van der Waals surface area contributed by atoms with Gasteiger partial charge in [0.05, 0.1) is 16.9 Å². The Labute approximate surface area is 149 Å². The van der Waals surface area contributed by atoms with Gasteiger partial charge >= 0.3 is 0 Å². The van der Waals surface area contributed by atoms with E-state index >= 15 is 0 Å². The first-order valence-electron chi connectivity index (χ1n) is 8.11. The number of benzene rings is 1. The average molecular weight is 356 g/mol. The van der Waals surface area contributed by atoms with Crippen LogP contribution in [0, 0.1) is 6.92 Å². The van der Waals surface area contributed by atoms with Crippen molar-refractivity contribution >= 4 is 28.9 Å². The number of carboxylic acids is 1. The first-order valence-corrected chi connectivity index (χ1v) is 8.99. The summed E-state index contributed by atoms with van der Waals surface area (Å²) in [5.41, 5.74) is 3.03. The summed E-state index contributed by atoms with van der Waals surface area (Å²) in [6.45, 7) is 4.03. The summed E-state index contributed by atoms with van der Waals surface area (Å²) < 4.78 is 1.63. The number of rotatable bonds is 7. The van der Waals surface area contributed by atoms with Crippen molar-refractivity contribution in [3.63, 3.8) is 0 Å². The summed E-state index contributed by atoms with van der Waals surface area (Å²) in [5.74, 6) is -1.09. The number of aromatic nitrogens is 5. The number of nitrogens with zero attached hydrogens (tertiary/aromatic N) is 5. The summed E-state index contributed by atoms with van der Waals surface area (Å²) in [4.78, 5) is 19.9. The van der Waals surface area contributed by atoms with E-state index in [1.807, 2.05) is 38.1 Å². The zero-order chi connectivity index (χ0) is 17.8. The van der Waals surface area contributed by atoms with E-state index < -0.39 is 11.2 Å². The van der Waals surface area contributed by atoms with Gasteiger partial charge < -0.3 is 9.90 Å². The summed E-state index contributed by atoms with van der Waals surface area (Å²) in [5, 5.41) is 19.6. The third-order valence-electron chi connectivity index (χ3n) is 3.82. The van der Waals surface area contributed by atoms with Crippen LogP contribution in [0.5, 0.6) is 0 Å². The fourth-order valence-corrected chi connectivity index (χ4v) is 3.43. The standard InChI is InChI=1S/C17H19N5O2S/c1-3-4-5-13(17(23)24)25-16-14-15(18-10-19-16)22(21-20-14)12-8-6-11(2)7-9-12/h6-10,13H,3-5H2,1-2H3,(H,23,24)/p-1/t13-/m1/s1. The number of hydrogen-bond acceptors (Lipinski definition) is 7. The predicted octanol–water partition coefficient (Wildman–Crippen LogP) is 1.92. The van der Waals surface area contributed by atoms with Gasteiger partial charge in [-0.3, -0.25) is 0 Å². The number of thioether (sulfide) groups is 1. The second kappa shape index (κ2) is 7.60. The van der Waals surface area contributed by atoms with Crippen molar-refractivity contribution in [3.8, 4) is 5.69 Å². The van der Waals surface area contributed by atoms with Gasteiger partial charge in [0.1, 0.15) is 11.4 Å². The van der Waals surface area contributed by atoms with Gasteiger partial charge in [-0.2, -0.15) is 4.68 Å². The highest BCUT2D eigenvalue weighted by atomic mass is 32.2. The van der Waals surface area contributed by atoms with Crippen molar-refractivity contribution in [1.29, 1.82) is 0 Å². The maximum Gasteiger partial charge on any atom is 0.187 e. The van der Waals surface area contributed by atoms with Gasteiger partial charge in [0.15, 0.2) is 11.2 Å². The Morgan fingerprint density at radius 2 is 2.04 bits per heavy atom. The molecule has 0 unspecified atom stereocenters. The number of carbonyl (C=O) groups is 1. The van der Waals surface area contributed by atoms with Crippen LogP contribution in [0.15, 0.2) is 35.6 Å². The molecule has 0 saturated carbocycles. The Bertz CT molecular complexity index is 878. The molecule has 0 aliphatic heterocycles. The van der Waals surface area contributed by atoms with Gasteiger partial charge in [0.2, 0.25) is 0 Å². The fraction of sp³-hybridized carbons (Fsp3) is 0.353. The van der Waals surface area contributed by atoms with Crippen LogP contribution in [-0.4, -0.2) is 36.2 Å². The highest BCUT2D eigenvalue weighted by Gasteiger charge is 2.18. The Morgan fingerprint density at radius 1 is 1.28 bits per heavy atom. The first kappa shape index (κ1) is 17.3. The summed E-state index contributed by atoms with van der Waals surface area (Å²) in [6, 6.07) is 7.83. The van der Waals surface area contributed by atoms with Crippen LogP contribution in [0.25, 0.3) is 16.9 Å². The molecule has 2 aromatic heterocycles. The monoisotopic (exact) mass is 356 g/mol. The normalized spacial score (nSPS) is 12.4. The lowest BCUT2D eigenvalue weighted by molar-refractivity contribution is -0.304. The lowest BCUT2D eigenvalue weighted by Gasteiger charge is -2.16. The third kappa shape index (κ3) is 3.79. The van der Waals surface area contributed by atoms with E-state index in [1.165, 1.54) is 6.33 Å². The number of carbonyl (C=O) groups excluding carboxylic acids is 1. The van der Waals surface area contributed by atoms with Crippen molar-refractivity contribution in [3.05, 3.63) is 36.2 Å². The predicted molar refractivity (Wildman–Crippen MR) is 93.4 cm³/mol. The highest BCUT2D eigenvalue weighted by molar-refractivity contribution is 8.00. The lowest BCUT2D eigenvalue weighted by Crippen LogP contribution is -2.33. The van der Waals surface area contributed by atoms with Crippen LogP contribution >= 0.6 is 11.8 Å². The average Bonchev–Trinajstić information content (AvgIpc) is 3.04. The molecule has 2 heterocycles. The maximum atomic E-state index is 11.4. The second-order valence-corrected chi connectivity index (χ2v) is 6.95. The van der Waals surface area contributed by atoms with E-state index in [1.54, 1.807) is 4.68 Å². The van der Waals surface area contributed by atoms with Crippen LogP contribution in [0.1, 0.15) is 31.7 Å². The lowest BCUT2D eigenvalue weighted by atomic mass is 10.2. The van der Waals surface area contributed by atoms with Crippen LogP contribution < -0.4 is 5.11 Å². The van der Waals surface area contributed by atoms with Crippen LogP contribution in [0.3, 0.4) is 0 Å². The van der Waals surface area contributed by atoms with Crippen LogP contribution in [0.2, 0.25) is 0 Å². The number of unbranched alkanes of at least 4 members (excludes halogenated alkanes) is 1. The van der Waals surface area contributed by atoms with Gasteiger partial charge in [-0.25, -0.2) is 9.97 Å². The molecule has 1 aromatic carbocycles. The fourth-order valence-electron chi connectivity index (χ4n) is 2.42. The highest BCUT2D eigenvalue weighted by Crippen LogP contribution is 2.29. The molecule has 0 fully saturated rings. The number of hydrogen-bond donors (Lipinski definition) is 0. The number of aliphatic carboxylic acids is 1. The molecule has 0 aliphatic rings. The van der Waals surface area contributed by atoms with E-state index in [-0.39, 0.29) is 0 Å². The molecule has 0 saturated heterocycles. The minimum atomic E-state index is -1.09. The van der Waals surface area contributed by atoms with Gasteiger partial charge in [-0.15, -0.1) is 5.10 Å². The number of aryl methyl sites for hydroxylation is 1. The van der Waals surface area contributed by atoms with E-state index in [0.717, 1.165) is 35.9 Å². The molecule has 3 rings (SSSR count). The molecule has 3 aromatic rings. The SMILES string of the molecule is CCCC[C@@H](Sc1ncnc2c1nnn2-c1ccc(C)cc1)C(=O)[O-]. The quantitative estimate of drug-likeness (QED) is 0.471.